The normalized spacial score (nSPS) is 19.4. The first-order valence-corrected chi connectivity index (χ1v) is 7.89. The molecule has 2 N–H and O–H groups in total. The van der Waals surface area contributed by atoms with Crippen LogP contribution in [0.4, 0.5) is 0 Å². The van der Waals surface area contributed by atoms with Crippen molar-refractivity contribution in [2.75, 3.05) is 26.0 Å². The summed E-state index contributed by atoms with van der Waals surface area (Å²) in [6, 6.07) is -0.910. The number of carbonyl (C=O) groups is 4. The number of thioether (sulfide) groups is 1. The lowest BCUT2D eigenvalue weighted by molar-refractivity contribution is -0.148. The molecule has 1 aliphatic heterocycles. The molecule has 3 amide bonds. The van der Waals surface area contributed by atoms with E-state index in [1.54, 1.807) is 0 Å². The summed E-state index contributed by atoms with van der Waals surface area (Å²) in [7, 11) is 1.42. The number of aliphatic hydroxyl groups is 1. The van der Waals surface area contributed by atoms with Crippen molar-refractivity contribution in [3.8, 4) is 0 Å². The second kappa shape index (κ2) is 8.14. The zero-order valence-corrected chi connectivity index (χ0v) is 13.3. The molecule has 1 heterocycles. The molecule has 0 spiro atoms. The molecule has 1 aliphatic rings. The first-order valence-electron chi connectivity index (χ1n) is 6.84. The minimum absolute atomic E-state index is 0.00742. The number of carboxylic acids is 1. The van der Waals surface area contributed by atoms with Crippen molar-refractivity contribution < 1.29 is 29.4 Å². The maximum Gasteiger partial charge on any atom is 0.326 e. The number of imide groups is 1. The predicted molar refractivity (Wildman–Crippen MR) is 79.2 cm³/mol. The van der Waals surface area contributed by atoms with E-state index in [1.807, 2.05) is 0 Å². The Morgan fingerprint density at radius 2 is 2.09 bits per heavy atom. The Morgan fingerprint density at radius 1 is 1.45 bits per heavy atom. The van der Waals surface area contributed by atoms with Crippen LogP contribution in [0.3, 0.4) is 0 Å². The fraction of sp³-hybridized carbons (Fsp3) is 0.692. The van der Waals surface area contributed by atoms with E-state index in [0.29, 0.717) is 5.75 Å². The third-order valence-electron chi connectivity index (χ3n) is 3.49. The number of nitrogens with zero attached hydrogens (tertiary/aromatic N) is 2. The van der Waals surface area contributed by atoms with E-state index in [0.717, 1.165) is 9.80 Å². The Balaban J connectivity index is 2.42. The Hall–Kier alpha value is -1.61. The van der Waals surface area contributed by atoms with Gasteiger partial charge in [0, 0.05) is 25.6 Å². The summed E-state index contributed by atoms with van der Waals surface area (Å²) in [6.07, 6.45) is 0.163. The van der Waals surface area contributed by atoms with E-state index in [9.17, 15) is 19.2 Å². The van der Waals surface area contributed by atoms with Gasteiger partial charge in [0.05, 0.1) is 18.4 Å². The average molecular weight is 332 g/mol. The summed E-state index contributed by atoms with van der Waals surface area (Å²) in [5, 5.41) is 17.1. The van der Waals surface area contributed by atoms with E-state index in [4.69, 9.17) is 10.2 Å². The van der Waals surface area contributed by atoms with Crippen LogP contribution in [0, 0.1) is 0 Å². The van der Waals surface area contributed by atoms with Crippen LogP contribution in [0.2, 0.25) is 0 Å². The first-order chi connectivity index (χ1) is 10.3. The lowest BCUT2D eigenvalue weighted by atomic mass is 10.3. The van der Waals surface area contributed by atoms with Gasteiger partial charge in [0.1, 0.15) is 6.04 Å². The fourth-order valence-electron chi connectivity index (χ4n) is 1.96. The van der Waals surface area contributed by atoms with E-state index >= 15 is 0 Å². The van der Waals surface area contributed by atoms with Crippen molar-refractivity contribution in [3.63, 3.8) is 0 Å². The highest BCUT2D eigenvalue weighted by Crippen LogP contribution is 2.25. The van der Waals surface area contributed by atoms with Crippen molar-refractivity contribution in [2.24, 2.45) is 0 Å². The summed E-state index contributed by atoms with van der Waals surface area (Å²) in [4.78, 5) is 48.3. The number of likely N-dealkylation sites (tertiary alicyclic amines) is 1. The number of carboxylic acid groups (broad SMARTS) is 1. The molecule has 9 heteroatoms. The van der Waals surface area contributed by atoms with Gasteiger partial charge in [-0.15, -0.1) is 11.8 Å². The maximum absolute atomic E-state index is 11.9. The average Bonchev–Trinajstić information content (AvgIpc) is 2.73. The van der Waals surface area contributed by atoms with Crippen molar-refractivity contribution in [3.05, 3.63) is 0 Å². The van der Waals surface area contributed by atoms with Crippen LogP contribution in [0.1, 0.15) is 19.8 Å². The number of hydrogen-bond acceptors (Lipinski definition) is 6. The minimum atomic E-state index is -1.08. The van der Waals surface area contributed by atoms with E-state index in [-0.39, 0.29) is 43.7 Å². The molecule has 0 bridgehead atoms. The van der Waals surface area contributed by atoms with Crippen molar-refractivity contribution >= 4 is 35.5 Å². The molecule has 0 aromatic rings. The Morgan fingerprint density at radius 3 is 2.64 bits per heavy atom. The Labute approximate surface area is 132 Å². The molecule has 1 unspecified atom stereocenters. The zero-order valence-electron chi connectivity index (χ0n) is 12.5. The smallest absolute Gasteiger partial charge is 0.326 e. The van der Waals surface area contributed by atoms with Gasteiger partial charge in [-0.3, -0.25) is 19.3 Å². The zero-order chi connectivity index (χ0) is 16.9. The highest BCUT2D eigenvalue weighted by atomic mass is 32.2. The second-order valence-corrected chi connectivity index (χ2v) is 6.25. The second-order valence-electron chi connectivity index (χ2n) is 4.94. The molecule has 0 radical (unpaired) electrons. The van der Waals surface area contributed by atoms with Gasteiger partial charge in [0.25, 0.3) is 0 Å². The van der Waals surface area contributed by atoms with Gasteiger partial charge in [0.2, 0.25) is 17.7 Å². The number of carbonyl (C=O) groups excluding carboxylic acids is 3. The van der Waals surface area contributed by atoms with Crippen LogP contribution in [0.5, 0.6) is 0 Å². The molecule has 22 heavy (non-hydrogen) atoms. The minimum Gasteiger partial charge on any atom is -0.480 e. The van der Waals surface area contributed by atoms with E-state index < -0.39 is 17.3 Å². The van der Waals surface area contributed by atoms with Crippen LogP contribution in [0.25, 0.3) is 0 Å². The molecule has 0 aromatic heterocycles. The van der Waals surface area contributed by atoms with E-state index in [1.165, 1.54) is 25.7 Å². The summed E-state index contributed by atoms with van der Waals surface area (Å²) >= 11 is 1.20. The molecule has 1 saturated heterocycles. The predicted octanol–water partition coefficient (Wildman–Crippen LogP) is -0.839. The standard InChI is InChI=1S/C13H20N2O6S/c1-8(13(20)21)14(2)10(17)3-6-22-9-7-11(18)15(4-5-16)12(9)19/h8-9,16H,3-7H2,1-2H3,(H,20,21)/t8-,9?/m1/s1. The number of β-amino-alcohol motifs (C(OH)–C–C–N with tert-alkyl or cyclic N) is 1. The topological polar surface area (TPSA) is 115 Å². The number of rotatable bonds is 8. The van der Waals surface area contributed by atoms with Crippen LogP contribution in [-0.2, 0) is 19.2 Å². The van der Waals surface area contributed by atoms with Gasteiger partial charge in [-0.2, -0.15) is 0 Å². The molecular formula is C13H20N2O6S. The molecule has 0 aromatic carbocycles. The lowest BCUT2D eigenvalue weighted by Crippen LogP contribution is -2.40. The van der Waals surface area contributed by atoms with Crippen molar-refractivity contribution in [2.45, 2.75) is 31.1 Å². The molecule has 2 atom stereocenters. The quantitative estimate of drug-likeness (QED) is 0.557. The monoisotopic (exact) mass is 332 g/mol. The number of amides is 3. The number of aliphatic carboxylic acids is 1. The number of likely N-dealkylation sites (N-methyl/N-ethyl adjacent to an activating group) is 1. The molecule has 1 fully saturated rings. The Kier molecular flexibility index (Phi) is 6.82. The largest absolute Gasteiger partial charge is 0.480 e. The van der Waals surface area contributed by atoms with Gasteiger partial charge >= 0.3 is 5.97 Å². The summed E-state index contributed by atoms with van der Waals surface area (Å²) in [5.41, 5.74) is 0. The fourth-order valence-corrected chi connectivity index (χ4v) is 3.07. The van der Waals surface area contributed by atoms with Gasteiger partial charge in [-0.25, -0.2) is 4.79 Å². The molecule has 0 aliphatic carbocycles. The molecule has 124 valence electrons. The van der Waals surface area contributed by atoms with Gasteiger partial charge < -0.3 is 15.1 Å². The molecular weight excluding hydrogens is 312 g/mol. The van der Waals surface area contributed by atoms with Crippen LogP contribution < -0.4 is 0 Å². The van der Waals surface area contributed by atoms with Crippen LogP contribution >= 0.6 is 11.8 Å². The van der Waals surface area contributed by atoms with Gasteiger partial charge in [0.15, 0.2) is 0 Å². The molecule has 1 rings (SSSR count). The summed E-state index contributed by atoms with van der Waals surface area (Å²) in [6.45, 7) is 1.14. The highest BCUT2D eigenvalue weighted by Gasteiger charge is 2.38. The van der Waals surface area contributed by atoms with Crippen LogP contribution in [0.15, 0.2) is 0 Å². The summed E-state index contributed by atoms with van der Waals surface area (Å²) in [5.74, 6) is -1.75. The highest BCUT2D eigenvalue weighted by molar-refractivity contribution is 8.00. The molecule has 8 nitrogen and oxygen atoms in total. The van der Waals surface area contributed by atoms with E-state index in [2.05, 4.69) is 0 Å². The third kappa shape index (κ3) is 4.44. The van der Waals surface area contributed by atoms with Crippen LogP contribution in [-0.4, -0.2) is 80.9 Å². The van der Waals surface area contributed by atoms with Gasteiger partial charge in [-0.1, -0.05) is 0 Å². The molecule has 0 saturated carbocycles. The third-order valence-corrected chi connectivity index (χ3v) is 4.70. The number of aliphatic hydroxyl groups excluding tert-OH is 1. The van der Waals surface area contributed by atoms with Crippen molar-refractivity contribution in [1.29, 1.82) is 0 Å². The first kappa shape index (κ1) is 18.4. The lowest BCUT2D eigenvalue weighted by Gasteiger charge is -2.21. The van der Waals surface area contributed by atoms with Gasteiger partial charge in [-0.05, 0) is 6.92 Å². The Bertz CT molecular complexity index is 469. The van der Waals surface area contributed by atoms with Crippen molar-refractivity contribution in [1.82, 2.24) is 9.80 Å². The summed E-state index contributed by atoms with van der Waals surface area (Å²) < 4.78 is 0. The SMILES string of the molecule is C[C@H](C(=O)O)N(C)C(=O)CCSC1CC(=O)N(CCO)C1=O. The number of hydrogen-bond donors (Lipinski definition) is 2. The maximum atomic E-state index is 11.9.